The summed E-state index contributed by atoms with van der Waals surface area (Å²) in [6.45, 7) is 4.57. The zero-order valence-corrected chi connectivity index (χ0v) is 12.9. The fourth-order valence-corrected chi connectivity index (χ4v) is 2.80. The number of amides is 1. The monoisotopic (exact) mass is 291 g/mol. The number of ether oxygens (including phenoxy) is 1. The Balaban J connectivity index is 1.89. The summed E-state index contributed by atoms with van der Waals surface area (Å²) in [4.78, 5) is 11.8. The molecule has 1 aliphatic carbocycles. The van der Waals surface area contributed by atoms with Gasteiger partial charge in [0.1, 0.15) is 5.60 Å². The molecule has 116 valence electrons. The van der Waals surface area contributed by atoms with Crippen molar-refractivity contribution >= 4 is 5.91 Å². The van der Waals surface area contributed by atoms with Crippen molar-refractivity contribution < 1.29 is 14.6 Å². The Morgan fingerprint density at radius 1 is 1.43 bits per heavy atom. The molecule has 1 atom stereocenters. The van der Waals surface area contributed by atoms with Gasteiger partial charge in [-0.15, -0.1) is 0 Å². The Labute approximate surface area is 126 Å². The van der Waals surface area contributed by atoms with Crippen molar-refractivity contribution in [1.82, 2.24) is 5.32 Å². The van der Waals surface area contributed by atoms with Crippen LogP contribution >= 0.6 is 0 Å². The molecule has 0 saturated carbocycles. The van der Waals surface area contributed by atoms with E-state index in [1.54, 1.807) is 0 Å². The summed E-state index contributed by atoms with van der Waals surface area (Å²) in [5.74, 6) is -0.0767. The lowest BCUT2D eigenvalue weighted by molar-refractivity contribution is -0.124. The molecule has 0 unspecified atom stereocenters. The highest BCUT2D eigenvalue weighted by Crippen LogP contribution is 2.34. The number of hydrogen-bond donors (Lipinski definition) is 2. The van der Waals surface area contributed by atoms with Gasteiger partial charge in [-0.05, 0) is 44.2 Å². The Morgan fingerprint density at radius 3 is 2.95 bits per heavy atom. The maximum Gasteiger partial charge on any atom is 0.222 e. The summed E-state index contributed by atoms with van der Waals surface area (Å²) in [7, 11) is 0. The molecule has 2 N–H and O–H groups in total. The van der Waals surface area contributed by atoms with Gasteiger partial charge in [0.05, 0.1) is 19.3 Å². The van der Waals surface area contributed by atoms with E-state index in [2.05, 4.69) is 11.4 Å². The van der Waals surface area contributed by atoms with Crippen LogP contribution in [0.3, 0.4) is 0 Å². The van der Waals surface area contributed by atoms with E-state index in [-0.39, 0.29) is 18.6 Å². The lowest BCUT2D eigenvalue weighted by atomic mass is 9.79. The van der Waals surface area contributed by atoms with Gasteiger partial charge in [0.25, 0.3) is 0 Å². The molecule has 0 fully saturated rings. The topological polar surface area (TPSA) is 58.6 Å². The standard InChI is InChI=1S/C17H25NO3/c1-13(2)21-11-9-16(19)18-12-17(20)10-5-7-14-6-3-4-8-15(14)17/h3-4,6,8,13,20H,5,7,9-12H2,1-2H3,(H,18,19)/t17-/m0/s1. The highest BCUT2D eigenvalue weighted by molar-refractivity contribution is 5.76. The van der Waals surface area contributed by atoms with Gasteiger partial charge in [-0.2, -0.15) is 0 Å². The summed E-state index contributed by atoms with van der Waals surface area (Å²) >= 11 is 0. The van der Waals surface area contributed by atoms with Crippen LogP contribution in [0.2, 0.25) is 0 Å². The van der Waals surface area contributed by atoms with Gasteiger partial charge in [0.15, 0.2) is 0 Å². The number of nitrogens with one attached hydrogen (secondary N) is 1. The number of carbonyl (C=O) groups excluding carboxylic acids is 1. The molecule has 0 bridgehead atoms. The van der Waals surface area contributed by atoms with E-state index in [4.69, 9.17) is 4.74 Å². The Bertz CT molecular complexity index is 487. The van der Waals surface area contributed by atoms with Crippen LogP contribution in [0.15, 0.2) is 24.3 Å². The van der Waals surface area contributed by atoms with Crippen LogP contribution in [0.1, 0.15) is 44.2 Å². The molecule has 0 radical (unpaired) electrons. The molecular weight excluding hydrogens is 266 g/mol. The maximum atomic E-state index is 11.8. The Kier molecular flexibility index (Phi) is 5.37. The van der Waals surface area contributed by atoms with Gasteiger partial charge in [0, 0.05) is 6.42 Å². The van der Waals surface area contributed by atoms with Crippen LogP contribution in [-0.4, -0.2) is 30.3 Å². The molecule has 4 heteroatoms. The first-order chi connectivity index (χ1) is 10.0. The predicted molar refractivity (Wildman–Crippen MR) is 82.0 cm³/mol. The summed E-state index contributed by atoms with van der Waals surface area (Å²) in [5.41, 5.74) is 1.20. The number of rotatable bonds is 6. The number of fused-ring (bicyclic) bond motifs is 1. The fraction of sp³-hybridized carbons (Fsp3) is 0.588. The third-order valence-corrected chi connectivity index (χ3v) is 3.91. The fourth-order valence-electron chi connectivity index (χ4n) is 2.80. The summed E-state index contributed by atoms with van der Waals surface area (Å²) in [5, 5.41) is 13.7. The molecule has 4 nitrogen and oxygen atoms in total. The van der Waals surface area contributed by atoms with E-state index in [1.165, 1.54) is 5.56 Å². The lowest BCUT2D eigenvalue weighted by Crippen LogP contribution is -2.43. The van der Waals surface area contributed by atoms with Crippen molar-refractivity contribution in [3.63, 3.8) is 0 Å². The van der Waals surface area contributed by atoms with E-state index < -0.39 is 5.60 Å². The molecule has 1 aromatic carbocycles. The lowest BCUT2D eigenvalue weighted by Gasteiger charge is -2.34. The summed E-state index contributed by atoms with van der Waals surface area (Å²) in [6.07, 6.45) is 3.09. The van der Waals surface area contributed by atoms with Crippen LogP contribution in [-0.2, 0) is 21.6 Å². The largest absolute Gasteiger partial charge is 0.383 e. The van der Waals surface area contributed by atoms with Crippen molar-refractivity contribution in [3.05, 3.63) is 35.4 Å². The molecule has 0 aliphatic heterocycles. The molecule has 1 amide bonds. The first-order valence-electron chi connectivity index (χ1n) is 7.70. The van der Waals surface area contributed by atoms with Gasteiger partial charge in [-0.1, -0.05) is 24.3 Å². The van der Waals surface area contributed by atoms with Crippen LogP contribution in [0.5, 0.6) is 0 Å². The molecule has 2 rings (SSSR count). The third kappa shape index (κ3) is 4.29. The number of aryl methyl sites for hydroxylation is 1. The number of benzene rings is 1. The van der Waals surface area contributed by atoms with E-state index in [0.29, 0.717) is 19.4 Å². The van der Waals surface area contributed by atoms with E-state index in [1.807, 2.05) is 32.0 Å². The quantitative estimate of drug-likeness (QED) is 0.844. The van der Waals surface area contributed by atoms with Crippen molar-refractivity contribution in [1.29, 1.82) is 0 Å². The van der Waals surface area contributed by atoms with Crippen LogP contribution in [0.4, 0.5) is 0 Å². The van der Waals surface area contributed by atoms with Crippen LogP contribution in [0, 0.1) is 0 Å². The molecular formula is C17H25NO3. The van der Waals surface area contributed by atoms with Crippen LogP contribution in [0.25, 0.3) is 0 Å². The minimum atomic E-state index is -0.941. The predicted octanol–water partition coefficient (Wildman–Crippen LogP) is 2.14. The Morgan fingerprint density at radius 2 is 2.19 bits per heavy atom. The third-order valence-electron chi connectivity index (χ3n) is 3.91. The van der Waals surface area contributed by atoms with Crippen molar-refractivity contribution in [2.75, 3.05) is 13.2 Å². The molecule has 0 saturated heterocycles. The first-order valence-corrected chi connectivity index (χ1v) is 7.70. The van der Waals surface area contributed by atoms with Gasteiger partial charge in [-0.25, -0.2) is 0 Å². The number of hydrogen-bond acceptors (Lipinski definition) is 3. The zero-order chi connectivity index (χ0) is 15.3. The minimum Gasteiger partial charge on any atom is -0.383 e. The highest BCUT2D eigenvalue weighted by Gasteiger charge is 2.34. The summed E-state index contributed by atoms with van der Waals surface area (Å²) < 4.78 is 5.36. The first kappa shape index (κ1) is 16.0. The minimum absolute atomic E-state index is 0.0767. The summed E-state index contributed by atoms with van der Waals surface area (Å²) in [6, 6.07) is 7.94. The molecule has 0 aromatic heterocycles. The van der Waals surface area contributed by atoms with Crippen molar-refractivity contribution in [3.8, 4) is 0 Å². The van der Waals surface area contributed by atoms with E-state index >= 15 is 0 Å². The number of carbonyl (C=O) groups is 1. The average molecular weight is 291 g/mol. The smallest absolute Gasteiger partial charge is 0.222 e. The highest BCUT2D eigenvalue weighted by atomic mass is 16.5. The Hall–Kier alpha value is -1.39. The normalized spacial score (nSPS) is 21.1. The van der Waals surface area contributed by atoms with E-state index in [0.717, 1.165) is 18.4 Å². The number of aliphatic hydroxyl groups is 1. The molecule has 0 heterocycles. The zero-order valence-electron chi connectivity index (χ0n) is 12.9. The van der Waals surface area contributed by atoms with Gasteiger partial charge in [-0.3, -0.25) is 4.79 Å². The van der Waals surface area contributed by atoms with Crippen molar-refractivity contribution in [2.24, 2.45) is 0 Å². The van der Waals surface area contributed by atoms with Gasteiger partial charge in [0.2, 0.25) is 5.91 Å². The molecule has 1 aromatic rings. The second-order valence-electron chi connectivity index (χ2n) is 5.99. The van der Waals surface area contributed by atoms with Crippen LogP contribution < -0.4 is 5.32 Å². The molecule has 1 aliphatic rings. The van der Waals surface area contributed by atoms with Gasteiger partial charge >= 0.3 is 0 Å². The van der Waals surface area contributed by atoms with Gasteiger partial charge < -0.3 is 15.2 Å². The van der Waals surface area contributed by atoms with Crippen molar-refractivity contribution in [2.45, 2.75) is 51.2 Å². The second kappa shape index (κ2) is 7.05. The molecule has 21 heavy (non-hydrogen) atoms. The average Bonchev–Trinajstić information content (AvgIpc) is 2.45. The van der Waals surface area contributed by atoms with E-state index in [9.17, 15) is 9.90 Å². The maximum absolute atomic E-state index is 11.8. The second-order valence-corrected chi connectivity index (χ2v) is 5.99. The SMILES string of the molecule is CC(C)OCCC(=O)NC[C@@]1(O)CCCc2ccccc21. The molecule has 0 spiro atoms.